The van der Waals surface area contributed by atoms with Crippen LogP contribution in [0, 0.1) is 13.8 Å². The van der Waals surface area contributed by atoms with Crippen molar-refractivity contribution in [1.82, 2.24) is 9.78 Å². The minimum Gasteiger partial charge on any atom is -0.457 e. The van der Waals surface area contributed by atoms with E-state index in [9.17, 15) is 4.79 Å². The Morgan fingerprint density at radius 2 is 1.75 bits per heavy atom. The van der Waals surface area contributed by atoms with E-state index in [-0.39, 0.29) is 5.91 Å². The molecule has 0 aliphatic carbocycles. The SMILES string of the molecule is Cc1ccc(-n2nc3c(c2NC(=O)c2ccccc2Oc2ccccc2)CSC3)cc1C. The van der Waals surface area contributed by atoms with E-state index < -0.39 is 0 Å². The van der Waals surface area contributed by atoms with Gasteiger partial charge < -0.3 is 10.1 Å². The third-order valence-electron chi connectivity index (χ3n) is 5.62. The van der Waals surface area contributed by atoms with Crippen LogP contribution in [-0.2, 0) is 11.5 Å². The molecule has 0 atom stereocenters. The normalized spacial score (nSPS) is 12.4. The van der Waals surface area contributed by atoms with Gasteiger partial charge in [0.1, 0.15) is 17.3 Å². The smallest absolute Gasteiger partial charge is 0.260 e. The molecule has 0 radical (unpaired) electrons. The molecule has 1 aliphatic rings. The van der Waals surface area contributed by atoms with Crippen molar-refractivity contribution in [3.05, 3.63) is 101 Å². The number of benzene rings is 3. The summed E-state index contributed by atoms with van der Waals surface area (Å²) in [5.74, 6) is 3.39. The van der Waals surface area contributed by atoms with Crippen LogP contribution in [0.4, 0.5) is 5.82 Å². The number of hydrogen-bond donors (Lipinski definition) is 1. The van der Waals surface area contributed by atoms with Gasteiger partial charge in [-0.2, -0.15) is 16.9 Å². The highest BCUT2D eigenvalue weighted by molar-refractivity contribution is 7.98. The second-order valence-corrected chi connectivity index (χ2v) is 8.80. The Balaban J connectivity index is 1.50. The zero-order valence-electron chi connectivity index (χ0n) is 18.0. The Hall–Kier alpha value is -3.51. The summed E-state index contributed by atoms with van der Waals surface area (Å²) in [5.41, 5.74) is 5.94. The highest BCUT2D eigenvalue weighted by Crippen LogP contribution is 2.37. The summed E-state index contributed by atoms with van der Waals surface area (Å²) in [6.07, 6.45) is 0. The van der Waals surface area contributed by atoms with E-state index >= 15 is 0 Å². The van der Waals surface area contributed by atoms with E-state index in [1.807, 2.05) is 71.0 Å². The summed E-state index contributed by atoms with van der Waals surface area (Å²) in [7, 11) is 0. The number of carbonyl (C=O) groups excluding carboxylic acids is 1. The zero-order chi connectivity index (χ0) is 22.1. The second kappa shape index (κ2) is 8.55. The van der Waals surface area contributed by atoms with Crippen LogP contribution in [0.3, 0.4) is 0 Å². The molecule has 0 unspecified atom stereocenters. The highest BCUT2D eigenvalue weighted by Gasteiger charge is 2.26. The number of thioether (sulfide) groups is 1. The zero-order valence-corrected chi connectivity index (χ0v) is 18.8. The average Bonchev–Trinajstić information content (AvgIpc) is 3.39. The lowest BCUT2D eigenvalue weighted by Gasteiger charge is -2.14. The first-order chi connectivity index (χ1) is 15.6. The summed E-state index contributed by atoms with van der Waals surface area (Å²) in [6.45, 7) is 4.17. The van der Waals surface area contributed by atoms with Crippen molar-refractivity contribution < 1.29 is 9.53 Å². The number of anilines is 1. The highest BCUT2D eigenvalue weighted by atomic mass is 32.2. The molecule has 4 aromatic rings. The number of aryl methyl sites for hydroxylation is 2. The Labute approximate surface area is 191 Å². The fourth-order valence-electron chi connectivity index (χ4n) is 3.72. The van der Waals surface area contributed by atoms with E-state index in [1.54, 1.807) is 6.07 Å². The number of amides is 1. The number of carbonyl (C=O) groups is 1. The van der Waals surface area contributed by atoms with Crippen LogP contribution in [0.5, 0.6) is 11.5 Å². The fourth-order valence-corrected chi connectivity index (χ4v) is 4.75. The third-order valence-corrected chi connectivity index (χ3v) is 6.59. The molecular formula is C26H23N3O2S. The van der Waals surface area contributed by atoms with Crippen LogP contribution in [0.2, 0.25) is 0 Å². The van der Waals surface area contributed by atoms with Crippen LogP contribution < -0.4 is 10.1 Å². The molecule has 0 bridgehead atoms. The van der Waals surface area contributed by atoms with Gasteiger partial charge in [-0.3, -0.25) is 4.79 Å². The van der Waals surface area contributed by atoms with Gasteiger partial charge in [0.25, 0.3) is 5.91 Å². The van der Waals surface area contributed by atoms with Gasteiger partial charge in [-0.1, -0.05) is 36.4 Å². The van der Waals surface area contributed by atoms with Crippen molar-refractivity contribution in [3.63, 3.8) is 0 Å². The molecule has 0 saturated carbocycles. The van der Waals surface area contributed by atoms with Gasteiger partial charge in [-0.25, -0.2) is 4.68 Å². The topological polar surface area (TPSA) is 56.2 Å². The Kier molecular flexibility index (Phi) is 5.45. The Bertz CT molecular complexity index is 1300. The molecule has 3 aromatic carbocycles. The largest absolute Gasteiger partial charge is 0.457 e. The molecule has 1 amide bonds. The monoisotopic (exact) mass is 441 g/mol. The van der Waals surface area contributed by atoms with Crippen LogP contribution in [0.25, 0.3) is 5.69 Å². The number of aromatic nitrogens is 2. The van der Waals surface area contributed by atoms with Gasteiger partial charge in [0.15, 0.2) is 0 Å². The lowest BCUT2D eigenvalue weighted by Crippen LogP contribution is -2.17. The summed E-state index contributed by atoms with van der Waals surface area (Å²) < 4.78 is 7.86. The minimum absolute atomic E-state index is 0.221. The molecule has 1 aliphatic heterocycles. The van der Waals surface area contributed by atoms with Crippen molar-refractivity contribution >= 4 is 23.5 Å². The molecule has 0 saturated heterocycles. The standard InChI is InChI=1S/C26H23N3O2S/c1-17-12-13-19(14-18(17)2)29-25(22-15-32-16-23(22)28-29)27-26(30)21-10-6-7-11-24(21)31-20-8-4-3-5-9-20/h3-14H,15-16H2,1-2H3,(H,27,30). The maximum atomic E-state index is 13.4. The van der Waals surface area contributed by atoms with E-state index in [4.69, 9.17) is 9.84 Å². The number of nitrogens with zero attached hydrogens (tertiary/aromatic N) is 2. The molecule has 5 nitrogen and oxygen atoms in total. The number of para-hydroxylation sites is 2. The first kappa shape index (κ1) is 20.4. The first-order valence-electron chi connectivity index (χ1n) is 10.5. The lowest BCUT2D eigenvalue weighted by molar-refractivity contribution is 0.102. The quantitative estimate of drug-likeness (QED) is 0.396. The van der Waals surface area contributed by atoms with E-state index in [0.29, 0.717) is 17.1 Å². The molecule has 1 aromatic heterocycles. The van der Waals surface area contributed by atoms with Gasteiger partial charge in [-0.05, 0) is 61.4 Å². The fraction of sp³-hybridized carbons (Fsp3) is 0.154. The summed E-state index contributed by atoms with van der Waals surface area (Å²) in [5, 5.41) is 7.95. The van der Waals surface area contributed by atoms with Crippen molar-refractivity contribution in [1.29, 1.82) is 0 Å². The second-order valence-electron chi connectivity index (χ2n) is 7.81. The molecule has 32 heavy (non-hydrogen) atoms. The molecule has 5 rings (SSSR count). The molecule has 1 N–H and O–H groups in total. The van der Waals surface area contributed by atoms with Crippen molar-refractivity contribution in [2.45, 2.75) is 25.4 Å². The molecule has 2 heterocycles. The predicted molar refractivity (Wildman–Crippen MR) is 129 cm³/mol. The molecule has 0 spiro atoms. The van der Waals surface area contributed by atoms with E-state index in [0.717, 1.165) is 34.3 Å². The molecular weight excluding hydrogens is 418 g/mol. The van der Waals surface area contributed by atoms with Gasteiger partial charge in [-0.15, -0.1) is 0 Å². The van der Waals surface area contributed by atoms with Gasteiger partial charge >= 0.3 is 0 Å². The maximum Gasteiger partial charge on any atom is 0.260 e. The maximum absolute atomic E-state index is 13.4. The van der Waals surface area contributed by atoms with Crippen LogP contribution in [-0.4, -0.2) is 15.7 Å². The predicted octanol–water partition coefficient (Wildman–Crippen LogP) is 6.28. The molecule has 160 valence electrons. The van der Waals surface area contributed by atoms with Gasteiger partial charge in [0, 0.05) is 17.1 Å². The first-order valence-corrected chi connectivity index (χ1v) is 11.6. The van der Waals surface area contributed by atoms with Crippen molar-refractivity contribution in [2.24, 2.45) is 0 Å². The number of fused-ring (bicyclic) bond motifs is 1. The van der Waals surface area contributed by atoms with Crippen molar-refractivity contribution in [2.75, 3.05) is 5.32 Å². The van der Waals surface area contributed by atoms with Crippen molar-refractivity contribution in [3.8, 4) is 17.2 Å². The lowest BCUT2D eigenvalue weighted by atomic mass is 10.1. The van der Waals surface area contributed by atoms with Crippen LogP contribution in [0.15, 0.2) is 72.8 Å². The minimum atomic E-state index is -0.221. The van der Waals surface area contributed by atoms with Gasteiger partial charge in [0.05, 0.1) is 16.9 Å². The Morgan fingerprint density at radius 3 is 2.56 bits per heavy atom. The average molecular weight is 442 g/mol. The number of nitrogens with one attached hydrogen (secondary N) is 1. The van der Waals surface area contributed by atoms with E-state index in [2.05, 4.69) is 31.3 Å². The molecule has 0 fully saturated rings. The number of hydrogen-bond acceptors (Lipinski definition) is 4. The third kappa shape index (κ3) is 3.89. The van der Waals surface area contributed by atoms with Crippen LogP contribution >= 0.6 is 11.8 Å². The van der Waals surface area contributed by atoms with E-state index in [1.165, 1.54) is 11.1 Å². The Morgan fingerprint density at radius 1 is 0.969 bits per heavy atom. The number of rotatable bonds is 5. The summed E-state index contributed by atoms with van der Waals surface area (Å²) in [6, 6.07) is 23.0. The van der Waals surface area contributed by atoms with Gasteiger partial charge in [0.2, 0.25) is 0 Å². The summed E-state index contributed by atoms with van der Waals surface area (Å²) >= 11 is 1.81. The van der Waals surface area contributed by atoms with Crippen LogP contribution in [0.1, 0.15) is 32.7 Å². The molecule has 6 heteroatoms. The number of ether oxygens (including phenoxy) is 1. The summed E-state index contributed by atoms with van der Waals surface area (Å²) in [4.78, 5) is 13.4.